The van der Waals surface area contributed by atoms with Gasteiger partial charge in [-0.15, -0.1) is 13.2 Å². The Morgan fingerprint density at radius 1 is 1.04 bits per heavy atom. The zero-order valence-corrected chi connectivity index (χ0v) is 12.9. The molecule has 2 aromatic carbocycles. The Bertz CT molecular complexity index is 581. The van der Waals surface area contributed by atoms with Gasteiger partial charge in [0.1, 0.15) is 5.75 Å². The van der Waals surface area contributed by atoms with Crippen LogP contribution in [0.25, 0.3) is 0 Å². The van der Waals surface area contributed by atoms with Crippen LogP contribution in [0.3, 0.4) is 0 Å². The zero-order valence-electron chi connectivity index (χ0n) is 12.9. The van der Waals surface area contributed by atoms with E-state index in [9.17, 15) is 13.2 Å². The molecule has 0 atom stereocenters. The van der Waals surface area contributed by atoms with Crippen LogP contribution >= 0.6 is 0 Å². The largest absolute Gasteiger partial charge is 0.573 e. The number of rotatable bonds is 7. The third kappa shape index (κ3) is 5.85. The highest BCUT2D eigenvalue weighted by molar-refractivity contribution is 5.49. The molecule has 2 nitrogen and oxygen atoms in total. The first kappa shape index (κ1) is 17.2. The van der Waals surface area contributed by atoms with E-state index in [0.717, 1.165) is 31.6 Å². The van der Waals surface area contributed by atoms with Gasteiger partial charge in [-0.3, -0.25) is 0 Å². The van der Waals surface area contributed by atoms with Gasteiger partial charge in [-0.2, -0.15) is 0 Å². The number of alkyl halides is 3. The van der Waals surface area contributed by atoms with Crippen LogP contribution in [0.15, 0.2) is 48.5 Å². The van der Waals surface area contributed by atoms with E-state index in [0.29, 0.717) is 0 Å². The summed E-state index contributed by atoms with van der Waals surface area (Å²) in [5.41, 5.74) is 2.15. The van der Waals surface area contributed by atoms with Crippen molar-refractivity contribution in [1.29, 1.82) is 0 Å². The fourth-order valence-electron chi connectivity index (χ4n) is 2.39. The van der Waals surface area contributed by atoms with Crippen LogP contribution in [-0.4, -0.2) is 19.5 Å². The van der Waals surface area contributed by atoms with Crippen molar-refractivity contribution in [2.75, 3.05) is 18.0 Å². The van der Waals surface area contributed by atoms with Crippen molar-refractivity contribution >= 4 is 5.69 Å². The third-order valence-electron chi connectivity index (χ3n) is 3.50. The van der Waals surface area contributed by atoms with Crippen molar-refractivity contribution < 1.29 is 17.9 Å². The lowest BCUT2D eigenvalue weighted by Gasteiger charge is -2.23. The standard InChI is InChI=1S/C18H19F3NO/c1-2-22(14-6-9-15-7-4-3-5-8-15)16-10-12-17(13-11-16)23-18(19,20)21/h4-5,7-8,10-13H,2,6,9,14H2,1H3. The number of nitrogens with zero attached hydrogens (tertiary/aromatic N) is 1. The first-order valence-corrected chi connectivity index (χ1v) is 7.53. The van der Waals surface area contributed by atoms with Crippen LogP contribution in [0.5, 0.6) is 5.75 Å². The van der Waals surface area contributed by atoms with Gasteiger partial charge in [-0.05, 0) is 55.7 Å². The molecule has 23 heavy (non-hydrogen) atoms. The second-order valence-corrected chi connectivity index (χ2v) is 5.13. The molecule has 5 heteroatoms. The maximum Gasteiger partial charge on any atom is 0.573 e. The molecule has 1 radical (unpaired) electrons. The minimum atomic E-state index is -4.65. The maximum atomic E-state index is 12.2. The molecule has 2 aromatic rings. The molecule has 0 aliphatic rings. The Hall–Kier alpha value is -2.17. The highest BCUT2D eigenvalue weighted by Crippen LogP contribution is 2.25. The number of benzene rings is 2. The average Bonchev–Trinajstić information content (AvgIpc) is 2.52. The van der Waals surface area contributed by atoms with Crippen molar-refractivity contribution in [2.45, 2.75) is 26.1 Å². The minimum Gasteiger partial charge on any atom is -0.406 e. The topological polar surface area (TPSA) is 12.5 Å². The minimum absolute atomic E-state index is 0.196. The number of ether oxygens (including phenoxy) is 1. The molecule has 0 aliphatic heterocycles. The second-order valence-electron chi connectivity index (χ2n) is 5.13. The monoisotopic (exact) mass is 322 g/mol. The first-order valence-electron chi connectivity index (χ1n) is 7.53. The van der Waals surface area contributed by atoms with E-state index < -0.39 is 6.36 Å². The number of hydrogen-bond donors (Lipinski definition) is 0. The summed E-state index contributed by atoms with van der Waals surface area (Å²) in [4.78, 5) is 2.13. The van der Waals surface area contributed by atoms with Gasteiger partial charge in [-0.25, -0.2) is 0 Å². The molecular weight excluding hydrogens is 303 g/mol. The molecule has 0 unspecified atom stereocenters. The van der Waals surface area contributed by atoms with Crippen LogP contribution in [0.2, 0.25) is 0 Å². The van der Waals surface area contributed by atoms with Crippen molar-refractivity contribution in [3.63, 3.8) is 0 Å². The van der Waals surface area contributed by atoms with E-state index in [2.05, 4.69) is 15.7 Å². The van der Waals surface area contributed by atoms with Crippen molar-refractivity contribution in [3.8, 4) is 5.75 Å². The zero-order chi connectivity index (χ0) is 16.7. The highest BCUT2D eigenvalue weighted by atomic mass is 19.4. The van der Waals surface area contributed by atoms with Gasteiger partial charge in [0, 0.05) is 18.8 Å². The van der Waals surface area contributed by atoms with Gasteiger partial charge in [-0.1, -0.05) is 24.3 Å². The third-order valence-corrected chi connectivity index (χ3v) is 3.50. The van der Waals surface area contributed by atoms with E-state index in [4.69, 9.17) is 0 Å². The molecule has 0 bridgehead atoms. The summed E-state index contributed by atoms with van der Waals surface area (Å²) in [5, 5.41) is 0. The molecule has 0 fully saturated rings. The summed E-state index contributed by atoms with van der Waals surface area (Å²) in [6.45, 7) is 3.66. The van der Waals surface area contributed by atoms with E-state index in [1.165, 1.54) is 17.7 Å². The molecule has 123 valence electrons. The summed E-state index contributed by atoms with van der Waals surface area (Å²) in [5.74, 6) is -0.196. The predicted molar refractivity (Wildman–Crippen MR) is 84.6 cm³/mol. The number of halogens is 3. The Labute approximate surface area is 134 Å². The van der Waals surface area contributed by atoms with E-state index >= 15 is 0 Å². The Morgan fingerprint density at radius 2 is 1.70 bits per heavy atom. The summed E-state index contributed by atoms with van der Waals surface area (Å²) in [6, 6.07) is 16.9. The predicted octanol–water partition coefficient (Wildman–Crippen LogP) is 4.84. The second kappa shape index (κ2) is 7.90. The number of anilines is 1. The average molecular weight is 322 g/mol. The van der Waals surface area contributed by atoms with Gasteiger partial charge < -0.3 is 9.64 Å². The molecule has 0 saturated carbocycles. The van der Waals surface area contributed by atoms with Crippen molar-refractivity contribution in [3.05, 3.63) is 60.2 Å². The molecule has 0 heterocycles. The lowest BCUT2D eigenvalue weighted by Crippen LogP contribution is -2.24. The molecule has 0 spiro atoms. The fourth-order valence-corrected chi connectivity index (χ4v) is 2.39. The molecule has 0 N–H and O–H groups in total. The van der Waals surface area contributed by atoms with Crippen LogP contribution in [0, 0.1) is 6.07 Å². The van der Waals surface area contributed by atoms with Gasteiger partial charge >= 0.3 is 6.36 Å². The van der Waals surface area contributed by atoms with Crippen LogP contribution < -0.4 is 9.64 Å². The summed E-state index contributed by atoms with van der Waals surface area (Å²) in [7, 11) is 0. The van der Waals surface area contributed by atoms with Crippen molar-refractivity contribution in [1.82, 2.24) is 0 Å². The fraction of sp³-hybridized carbons (Fsp3) is 0.333. The lowest BCUT2D eigenvalue weighted by molar-refractivity contribution is -0.274. The molecule has 0 amide bonds. The molecule has 0 aromatic heterocycles. The van der Waals surface area contributed by atoms with E-state index in [-0.39, 0.29) is 5.75 Å². The molecular formula is C18H19F3NO. The number of hydrogen-bond acceptors (Lipinski definition) is 2. The smallest absolute Gasteiger partial charge is 0.406 e. The maximum absolute atomic E-state index is 12.2. The highest BCUT2D eigenvalue weighted by Gasteiger charge is 2.30. The number of aryl methyl sites for hydroxylation is 1. The molecule has 0 saturated heterocycles. The Balaban J connectivity index is 1.90. The van der Waals surface area contributed by atoms with Gasteiger partial charge in [0.25, 0.3) is 0 Å². The van der Waals surface area contributed by atoms with Crippen LogP contribution in [0.1, 0.15) is 18.9 Å². The first-order chi connectivity index (χ1) is 11.0. The Morgan fingerprint density at radius 3 is 2.26 bits per heavy atom. The Kier molecular flexibility index (Phi) is 5.90. The van der Waals surface area contributed by atoms with Gasteiger partial charge in [0.15, 0.2) is 0 Å². The van der Waals surface area contributed by atoms with Gasteiger partial charge in [0.2, 0.25) is 0 Å². The van der Waals surface area contributed by atoms with Gasteiger partial charge in [0.05, 0.1) is 0 Å². The van der Waals surface area contributed by atoms with Crippen molar-refractivity contribution in [2.24, 2.45) is 0 Å². The summed E-state index contributed by atoms with van der Waals surface area (Å²) >= 11 is 0. The summed E-state index contributed by atoms with van der Waals surface area (Å²) in [6.07, 6.45) is -2.72. The van der Waals surface area contributed by atoms with Crippen LogP contribution in [0.4, 0.5) is 18.9 Å². The van der Waals surface area contributed by atoms with E-state index in [1.807, 2.05) is 31.2 Å². The SMILES string of the molecule is CCN(CCCc1cc[c]cc1)c1ccc(OC(F)(F)F)cc1. The normalized spacial score (nSPS) is 11.3. The van der Waals surface area contributed by atoms with Crippen LogP contribution in [-0.2, 0) is 6.42 Å². The quantitative estimate of drug-likeness (QED) is 0.723. The molecule has 0 aliphatic carbocycles. The lowest BCUT2D eigenvalue weighted by atomic mass is 10.1. The van der Waals surface area contributed by atoms with E-state index in [1.54, 1.807) is 12.1 Å². The molecule has 2 rings (SSSR count). The summed E-state index contributed by atoms with van der Waals surface area (Å²) < 4.78 is 40.4.